The van der Waals surface area contributed by atoms with Crippen molar-refractivity contribution in [2.24, 2.45) is 5.41 Å². The third-order valence-corrected chi connectivity index (χ3v) is 3.61. The highest BCUT2D eigenvalue weighted by atomic mass is 35.5. The lowest BCUT2D eigenvalue weighted by Gasteiger charge is -2.29. The number of carbonyl (C=O) groups excluding carboxylic acids is 1. The molecule has 4 nitrogen and oxygen atoms in total. The fourth-order valence-corrected chi connectivity index (χ4v) is 2.19. The van der Waals surface area contributed by atoms with E-state index >= 15 is 0 Å². The number of halogens is 1. The van der Waals surface area contributed by atoms with Gasteiger partial charge in [-0.3, -0.25) is 4.79 Å². The highest BCUT2D eigenvalue weighted by Crippen LogP contribution is 2.29. The van der Waals surface area contributed by atoms with Crippen molar-refractivity contribution in [3.05, 3.63) is 34.9 Å². The summed E-state index contributed by atoms with van der Waals surface area (Å²) in [6.45, 7) is 1.32. The van der Waals surface area contributed by atoms with Crippen molar-refractivity contribution in [1.29, 1.82) is 5.26 Å². The van der Waals surface area contributed by atoms with Gasteiger partial charge in [-0.05, 0) is 30.5 Å². The van der Waals surface area contributed by atoms with E-state index in [9.17, 15) is 10.1 Å². The minimum Gasteiger partial charge on any atom is -0.381 e. The smallest absolute Gasteiger partial charge is 0.240 e. The van der Waals surface area contributed by atoms with E-state index in [1.807, 2.05) is 12.1 Å². The van der Waals surface area contributed by atoms with E-state index in [-0.39, 0.29) is 5.91 Å². The van der Waals surface area contributed by atoms with E-state index in [1.165, 1.54) is 0 Å². The van der Waals surface area contributed by atoms with Crippen LogP contribution < -0.4 is 5.32 Å². The molecule has 0 saturated carbocycles. The van der Waals surface area contributed by atoms with E-state index in [0.29, 0.717) is 37.6 Å². The first-order valence-electron chi connectivity index (χ1n) is 6.18. The third kappa shape index (κ3) is 3.25. The number of amides is 1. The molecule has 0 radical (unpaired) electrons. The van der Waals surface area contributed by atoms with Crippen LogP contribution >= 0.6 is 11.6 Å². The van der Waals surface area contributed by atoms with Crippen LogP contribution in [0.5, 0.6) is 0 Å². The number of rotatable bonds is 3. The summed E-state index contributed by atoms with van der Waals surface area (Å²) in [5.41, 5.74) is 0.0166. The van der Waals surface area contributed by atoms with Crippen LogP contribution in [0, 0.1) is 16.7 Å². The van der Waals surface area contributed by atoms with Crippen molar-refractivity contribution in [2.45, 2.75) is 19.4 Å². The van der Waals surface area contributed by atoms with E-state index < -0.39 is 5.41 Å². The Kier molecular flexibility index (Phi) is 4.41. The highest BCUT2D eigenvalue weighted by molar-refractivity contribution is 6.30. The summed E-state index contributed by atoms with van der Waals surface area (Å²) in [5, 5.41) is 12.7. The number of ether oxygens (including phenoxy) is 1. The largest absolute Gasteiger partial charge is 0.381 e. The Morgan fingerprint density at radius 2 is 2.00 bits per heavy atom. The van der Waals surface area contributed by atoms with Crippen molar-refractivity contribution >= 4 is 17.5 Å². The Morgan fingerprint density at radius 1 is 1.37 bits per heavy atom. The first kappa shape index (κ1) is 13.9. The topological polar surface area (TPSA) is 62.1 Å². The molecule has 1 aromatic carbocycles. The molecule has 1 aromatic rings. The molecule has 1 amide bonds. The molecule has 2 rings (SSSR count). The monoisotopic (exact) mass is 278 g/mol. The molecule has 0 aliphatic carbocycles. The van der Waals surface area contributed by atoms with Gasteiger partial charge in [0, 0.05) is 24.8 Å². The van der Waals surface area contributed by atoms with Crippen LogP contribution in [0.25, 0.3) is 0 Å². The summed E-state index contributed by atoms with van der Waals surface area (Å²) in [5.74, 6) is -0.215. The maximum Gasteiger partial charge on any atom is 0.240 e. The van der Waals surface area contributed by atoms with Crippen LogP contribution in [0.3, 0.4) is 0 Å². The fourth-order valence-electron chi connectivity index (χ4n) is 2.06. The normalized spacial score (nSPS) is 17.5. The second kappa shape index (κ2) is 6.05. The summed E-state index contributed by atoms with van der Waals surface area (Å²) < 4.78 is 5.21. The van der Waals surface area contributed by atoms with Gasteiger partial charge >= 0.3 is 0 Å². The average molecular weight is 279 g/mol. The summed E-state index contributed by atoms with van der Waals surface area (Å²) in [6.07, 6.45) is 0.909. The van der Waals surface area contributed by atoms with E-state index in [2.05, 4.69) is 11.4 Å². The lowest BCUT2D eigenvalue weighted by Crippen LogP contribution is -2.43. The van der Waals surface area contributed by atoms with Gasteiger partial charge < -0.3 is 10.1 Å². The average Bonchev–Trinajstić information content (AvgIpc) is 2.47. The molecule has 1 N–H and O–H groups in total. The molecule has 19 heavy (non-hydrogen) atoms. The lowest BCUT2D eigenvalue weighted by molar-refractivity contribution is -0.132. The molecule has 1 aliphatic heterocycles. The molecular weight excluding hydrogens is 264 g/mol. The number of nitrogens with zero attached hydrogens (tertiary/aromatic N) is 1. The van der Waals surface area contributed by atoms with Gasteiger partial charge in [0.1, 0.15) is 5.41 Å². The standard InChI is InChI=1S/C14H15ClN2O2/c15-12-3-1-11(2-4-12)9-17-13(18)14(10-16)5-7-19-8-6-14/h1-4H,5-9H2,(H,17,18). The number of carbonyl (C=O) groups is 1. The lowest BCUT2D eigenvalue weighted by atomic mass is 9.81. The first-order valence-corrected chi connectivity index (χ1v) is 6.56. The molecule has 1 fully saturated rings. The Bertz CT molecular complexity index is 487. The van der Waals surface area contributed by atoms with Crippen LogP contribution in [0.1, 0.15) is 18.4 Å². The molecule has 0 atom stereocenters. The molecule has 0 bridgehead atoms. The first-order chi connectivity index (χ1) is 9.16. The Hall–Kier alpha value is -1.57. The van der Waals surface area contributed by atoms with Gasteiger partial charge in [-0.1, -0.05) is 23.7 Å². The van der Waals surface area contributed by atoms with Gasteiger partial charge in [0.05, 0.1) is 6.07 Å². The molecule has 0 aromatic heterocycles. The Labute approximate surface area is 117 Å². The van der Waals surface area contributed by atoms with Crippen molar-refractivity contribution in [3.63, 3.8) is 0 Å². The minimum absolute atomic E-state index is 0.215. The number of nitriles is 1. The SMILES string of the molecule is N#CC1(C(=O)NCc2ccc(Cl)cc2)CCOCC1. The number of hydrogen-bond acceptors (Lipinski definition) is 3. The van der Waals surface area contributed by atoms with Gasteiger partial charge in [-0.2, -0.15) is 5.26 Å². The van der Waals surface area contributed by atoms with Crippen molar-refractivity contribution < 1.29 is 9.53 Å². The summed E-state index contributed by atoms with van der Waals surface area (Å²) in [4.78, 5) is 12.2. The predicted molar refractivity (Wildman–Crippen MR) is 71.4 cm³/mol. The van der Waals surface area contributed by atoms with E-state index in [0.717, 1.165) is 5.56 Å². The molecule has 1 saturated heterocycles. The van der Waals surface area contributed by atoms with Gasteiger partial charge in [-0.15, -0.1) is 0 Å². The maximum atomic E-state index is 12.2. The molecule has 100 valence electrons. The van der Waals surface area contributed by atoms with Gasteiger partial charge in [0.15, 0.2) is 0 Å². The maximum absolute atomic E-state index is 12.2. The Morgan fingerprint density at radius 3 is 2.58 bits per heavy atom. The highest BCUT2D eigenvalue weighted by Gasteiger charge is 2.40. The van der Waals surface area contributed by atoms with Crippen molar-refractivity contribution in [1.82, 2.24) is 5.32 Å². The number of benzene rings is 1. The summed E-state index contributed by atoms with van der Waals surface area (Å²) in [6, 6.07) is 9.41. The quantitative estimate of drug-likeness (QED) is 0.923. The zero-order chi connectivity index (χ0) is 13.7. The molecule has 0 unspecified atom stereocenters. The van der Waals surface area contributed by atoms with Crippen molar-refractivity contribution in [2.75, 3.05) is 13.2 Å². The summed E-state index contributed by atoms with van der Waals surface area (Å²) in [7, 11) is 0. The number of nitrogens with one attached hydrogen (secondary N) is 1. The fraction of sp³-hybridized carbons (Fsp3) is 0.429. The zero-order valence-corrected chi connectivity index (χ0v) is 11.2. The minimum atomic E-state index is -0.940. The molecule has 1 aliphatic rings. The second-order valence-electron chi connectivity index (χ2n) is 4.62. The molecule has 1 heterocycles. The van der Waals surface area contributed by atoms with E-state index in [1.54, 1.807) is 12.1 Å². The molecule has 5 heteroatoms. The summed E-state index contributed by atoms with van der Waals surface area (Å²) >= 11 is 5.80. The van der Waals surface area contributed by atoms with Gasteiger partial charge in [-0.25, -0.2) is 0 Å². The van der Waals surface area contributed by atoms with Gasteiger partial charge in [0.25, 0.3) is 0 Å². The Balaban J connectivity index is 1.96. The number of hydrogen-bond donors (Lipinski definition) is 1. The van der Waals surface area contributed by atoms with Crippen LogP contribution in [0.2, 0.25) is 5.02 Å². The van der Waals surface area contributed by atoms with Crippen LogP contribution in [-0.2, 0) is 16.1 Å². The zero-order valence-electron chi connectivity index (χ0n) is 10.5. The second-order valence-corrected chi connectivity index (χ2v) is 5.05. The van der Waals surface area contributed by atoms with Gasteiger partial charge in [0.2, 0.25) is 5.91 Å². The molecule has 0 spiro atoms. The van der Waals surface area contributed by atoms with Crippen LogP contribution in [0.4, 0.5) is 0 Å². The predicted octanol–water partition coefficient (Wildman–Crippen LogP) is 2.28. The molecular formula is C14H15ClN2O2. The van der Waals surface area contributed by atoms with Crippen LogP contribution in [-0.4, -0.2) is 19.1 Å². The van der Waals surface area contributed by atoms with Crippen molar-refractivity contribution in [3.8, 4) is 6.07 Å². The van der Waals surface area contributed by atoms with E-state index in [4.69, 9.17) is 16.3 Å². The third-order valence-electron chi connectivity index (χ3n) is 3.36. The van der Waals surface area contributed by atoms with Crippen LogP contribution in [0.15, 0.2) is 24.3 Å².